The van der Waals surface area contributed by atoms with E-state index < -0.39 is 0 Å². The molecule has 0 saturated carbocycles. The van der Waals surface area contributed by atoms with E-state index in [9.17, 15) is 0 Å². The van der Waals surface area contributed by atoms with Gasteiger partial charge in [-0.15, -0.1) is 0 Å². The van der Waals surface area contributed by atoms with Gasteiger partial charge in [-0.2, -0.15) is 0 Å². The Labute approximate surface area is 116 Å². The Kier molecular flexibility index (Phi) is 3.84. The van der Waals surface area contributed by atoms with Gasteiger partial charge in [-0.25, -0.2) is 0 Å². The molecular weight excluding hydrogens is 242 g/mol. The van der Waals surface area contributed by atoms with Crippen LogP contribution in [0.5, 0.6) is 0 Å². The molecule has 2 bridgehead atoms. The summed E-state index contributed by atoms with van der Waals surface area (Å²) >= 11 is 0. The van der Waals surface area contributed by atoms with Crippen molar-refractivity contribution in [1.29, 1.82) is 0 Å². The maximum Gasteiger partial charge on any atom is 0.0972 e. The maximum absolute atomic E-state index is 6.23. The van der Waals surface area contributed by atoms with Crippen molar-refractivity contribution in [2.45, 2.75) is 30.6 Å². The number of ether oxygens (including phenoxy) is 2. The molecular formula is C14H27N3O2. The van der Waals surface area contributed by atoms with Crippen molar-refractivity contribution in [2.75, 3.05) is 53.5 Å². The van der Waals surface area contributed by atoms with Crippen LogP contribution in [0.2, 0.25) is 0 Å². The first-order valence-electron chi connectivity index (χ1n) is 7.46. The lowest BCUT2D eigenvalue weighted by molar-refractivity contribution is -0.0634. The molecule has 3 unspecified atom stereocenters. The molecule has 4 aliphatic heterocycles. The molecule has 110 valence electrons. The summed E-state index contributed by atoms with van der Waals surface area (Å²) in [6.07, 6.45) is 2.96. The van der Waals surface area contributed by atoms with E-state index >= 15 is 0 Å². The molecule has 0 aromatic rings. The first-order chi connectivity index (χ1) is 9.23. The van der Waals surface area contributed by atoms with Gasteiger partial charge in [0.05, 0.1) is 12.2 Å². The fourth-order valence-electron chi connectivity index (χ4n) is 4.42. The van der Waals surface area contributed by atoms with Gasteiger partial charge in [-0.1, -0.05) is 0 Å². The normalized spacial score (nSPS) is 46.9. The monoisotopic (exact) mass is 269 g/mol. The highest BCUT2D eigenvalue weighted by Crippen LogP contribution is 2.41. The van der Waals surface area contributed by atoms with E-state index in [4.69, 9.17) is 15.2 Å². The highest BCUT2D eigenvalue weighted by molar-refractivity contribution is 5.09. The first kappa shape index (κ1) is 13.8. The molecule has 4 aliphatic rings. The second-order valence-corrected chi connectivity index (χ2v) is 6.31. The molecule has 0 aromatic heterocycles. The van der Waals surface area contributed by atoms with Crippen molar-refractivity contribution in [3.8, 4) is 0 Å². The van der Waals surface area contributed by atoms with Gasteiger partial charge in [-0.05, 0) is 31.8 Å². The molecule has 4 rings (SSSR count). The highest BCUT2D eigenvalue weighted by atomic mass is 16.5. The number of hydrogen-bond donors (Lipinski definition) is 1. The van der Waals surface area contributed by atoms with E-state index in [-0.39, 0.29) is 17.7 Å². The number of methoxy groups -OCH3 is 2. The van der Waals surface area contributed by atoms with Crippen molar-refractivity contribution in [1.82, 2.24) is 9.80 Å². The number of nitrogens with zero attached hydrogens (tertiary/aromatic N) is 2. The van der Waals surface area contributed by atoms with Crippen molar-refractivity contribution < 1.29 is 9.47 Å². The van der Waals surface area contributed by atoms with Crippen LogP contribution < -0.4 is 5.73 Å². The van der Waals surface area contributed by atoms with Crippen LogP contribution in [0, 0.1) is 5.92 Å². The predicted octanol–water partition coefficient (Wildman–Crippen LogP) is -0.245. The third-order valence-electron chi connectivity index (χ3n) is 5.65. The zero-order valence-corrected chi connectivity index (χ0v) is 12.2. The van der Waals surface area contributed by atoms with Crippen LogP contribution in [0.1, 0.15) is 12.8 Å². The van der Waals surface area contributed by atoms with Crippen LogP contribution in [0.4, 0.5) is 0 Å². The summed E-state index contributed by atoms with van der Waals surface area (Å²) in [5, 5.41) is 0. The molecule has 3 atom stereocenters. The lowest BCUT2D eigenvalue weighted by Gasteiger charge is -2.57. The molecule has 4 heterocycles. The molecule has 5 nitrogen and oxygen atoms in total. The molecule has 2 N–H and O–H groups in total. The van der Waals surface area contributed by atoms with Crippen LogP contribution in [-0.2, 0) is 9.47 Å². The Hall–Kier alpha value is -0.200. The number of hydrogen-bond acceptors (Lipinski definition) is 5. The SMILES string of the molecule is COC1CN(C2(CN)CN3CCC2CC3)CC1OC. The summed E-state index contributed by atoms with van der Waals surface area (Å²) in [5.41, 5.74) is 6.38. The summed E-state index contributed by atoms with van der Waals surface area (Å²) in [7, 11) is 3.57. The standard InChI is InChI=1S/C14H27N3O2/c1-18-12-7-17(8-13(12)19-2)14(9-15)10-16-5-3-11(14)4-6-16/h11-13H,3-10,15H2,1-2H3. The van der Waals surface area contributed by atoms with Gasteiger partial charge in [0, 0.05) is 45.9 Å². The van der Waals surface area contributed by atoms with Gasteiger partial charge in [0.1, 0.15) is 0 Å². The van der Waals surface area contributed by atoms with Crippen molar-refractivity contribution >= 4 is 0 Å². The average molecular weight is 269 g/mol. The van der Waals surface area contributed by atoms with E-state index in [1.165, 1.54) is 25.9 Å². The second-order valence-electron chi connectivity index (χ2n) is 6.31. The van der Waals surface area contributed by atoms with E-state index in [1.807, 2.05) is 0 Å². The largest absolute Gasteiger partial charge is 0.377 e. The Morgan fingerprint density at radius 3 is 2.05 bits per heavy atom. The fourth-order valence-corrected chi connectivity index (χ4v) is 4.42. The molecule has 5 heteroatoms. The Balaban J connectivity index is 1.79. The summed E-state index contributed by atoms with van der Waals surface area (Å²) in [4.78, 5) is 5.14. The summed E-state index contributed by atoms with van der Waals surface area (Å²) < 4.78 is 11.2. The van der Waals surface area contributed by atoms with Gasteiger partial charge in [-0.3, -0.25) is 4.90 Å². The van der Waals surface area contributed by atoms with Crippen molar-refractivity contribution in [3.63, 3.8) is 0 Å². The zero-order chi connectivity index (χ0) is 13.5. The minimum absolute atomic E-state index is 0.153. The highest BCUT2D eigenvalue weighted by Gasteiger charge is 2.52. The minimum Gasteiger partial charge on any atom is -0.377 e. The quantitative estimate of drug-likeness (QED) is 0.763. The van der Waals surface area contributed by atoms with Gasteiger partial charge in [0.2, 0.25) is 0 Å². The van der Waals surface area contributed by atoms with E-state index in [2.05, 4.69) is 9.80 Å². The van der Waals surface area contributed by atoms with E-state index in [0.29, 0.717) is 0 Å². The molecule has 0 aromatic carbocycles. The number of piperidine rings is 3. The molecule has 19 heavy (non-hydrogen) atoms. The number of likely N-dealkylation sites (tertiary alicyclic amines) is 1. The Morgan fingerprint density at radius 1 is 1.11 bits per heavy atom. The third-order valence-corrected chi connectivity index (χ3v) is 5.65. The Morgan fingerprint density at radius 2 is 1.68 bits per heavy atom. The van der Waals surface area contributed by atoms with E-state index in [0.717, 1.165) is 32.1 Å². The summed E-state index contributed by atoms with van der Waals surface area (Å²) in [6.45, 7) is 6.29. The van der Waals surface area contributed by atoms with Crippen LogP contribution in [0.3, 0.4) is 0 Å². The van der Waals surface area contributed by atoms with Crippen LogP contribution in [-0.4, -0.2) is 81.0 Å². The predicted molar refractivity (Wildman–Crippen MR) is 74.1 cm³/mol. The Bertz CT molecular complexity index is 308. The van der Waals surface area contributed by atoms with Gasteiger partial charge < -0.3 is 20.1 Å². The molecule has 0 radical (unpaired) electrons. The lowest BCUT2D eigenvalue weighted by atomic mass is 9.71. The van der Waals surface area contributed by atoms with Crippen LogP contribution in [0.15, 0.2) is 0 Å². The fraction of sp³-hybridized carbons (Fsp3) is 1.00. The van der Waals surface area contributed by atoms with Gasteiger partial charge in [0.25, 0.3) is 0 Å². The minimum atomic E-state index is 0.153. The van der Waals surface area contributed by atoms with Crippen LogP contribution in [0.25, 0.3) is 0 Å². The molecule has 0 spiro atoms. The molecule has 4 saturated heterocycles. The summed E-state index contributed by atoms with van der Waals surface area (Å²) in [6, 6.07) is 0. The van der Waals surface area contributed by atoms with Gasteiger partial charge >= 0.3 is 0 Å². The average Bonchev–Trinajstić information content (AvgIpc) is 2.92. The lowest BCUT2D eigenvalue weighted by Crippen LogP contribution is -2.69. The maximum atomic E-state index is 6.23. The van der Waals surface area contributed by atoms with Gasteiger partial charge in [0.15, 0.2) is 0 Å². The molecule has 0 amide bonds. The molecule has 4 fully saturated rings. The topological polar surface area (TPSA) is 51.0 Å². The zero-order valence-electron chi connectivity index (χ0n) is 12.2. The number of fused-ring (bicyclic) bond motifs is 3. The molecule has 0 aliphatic carbocycles. The van der Waals surface area contributed by atoms with Crippen molar-refractivity contribution in [2.24, 2.45) is 11.7 Å². The smallest absolute Gasteiger partial charge is 0.0972 e. The number of nitrogens with two attached hydrogens (primary N) is 1. The summed E-state index contributed by atoms with van der Waals surface area (Å²) in [5.74, 6) is 0.746. The third kappa shape index (κ3) is 2.12. The van der Waals surface area contributed by atoms with Crippen LogP contribution >= 0.6 is 0 Å². The van der Waals surface area contributed by atoms with Crippen molar-refractivity contribution in [3.05, 3.63) is 0 Å². The second kappa shape index (κ2) is 5.30. The number of rotatable bonds is 4. The first-order valence-corrected chi connectivity index (χ1v) is 7.46. The van der Waals surface area contributed by atoms with E-state index in [1.54, 1.807) is 14.2 Å².